The molecule has 0 saturated carbocycles. The maximum absolute atomic E-state index is 13.5. The predicted octanol–water partition coefficient (Wildman–Crippen LogP) is 4.19. The number of methoxy groups -OCH3 is 3. The van der Waals surface area contributed by atoms with E-state index in [1.807, 2.05) is 0 Å². The van der Waals surface area contributed by atoms with Crippen LogP contribution in [0.1, 0.15) is 22.8 Å². The number of ketones is 1. The van der Waals surface area contributed by atoms with E-state index in [2.05, 4.69) is 0 Å². The van der Waals surface area contributed by atoms with Crippen molar-refractivity contribution in [3.8, 4) is 28.6 Å². The molecule has 0 aliphatic carbocycles. The van der Waals surface area contributed by atoms with Gasteiger partial charge in [-0.15, -0.1) is 0 Å². The normalized spacial score (nSPS) is 10.4. The van der Waals surface area contributed by atoms with E-state index < -0.39 is 0 Å². The number of carbonyl (C=O) groups excluding carboxylic acids is 2. The Hall–Kier alpha value is -3.74. The van der Waals surface area contributed by atoms with Crippen molar-refractivity contribution < 1.29 is 28.2 Å². The quantitative estimate of drug-likeness (QED) is 0.545. The fourth-order valence-electron chi connectivity index (χ4n) is 3.14. The van der Waals surface area contributed by atoms with Crippen molar-refractivity contribution in [1.82, 2.24) is 0 Å². The van der Waals surface area contributed by atoms with E-state index in [0.29, 0.717) is 39.8 Å². The Morgan fingerprint density at radius 1 is 0.933 bits per heavy atom. The molecule has 3 aromatic rings. The molecule has 30 heavy (non-hydrogen) atoms. The van der Waals surface area contributed by atoms with Crippen LogP contribution in [0.15, 0.2) is 53.1 Å². The van der Waals surface area contributed by atoms with Gasteiger partial charge in [-0.05, 0) is 42.5 Å². The maximum atomic E-state index is 13.5. The third kappa shape index (κ3) is 3.87. The summed E-state index contributed by atoms with van der Waals surface area (Å²) in [5.41, 5.74) is 1.88. The molecule has 0 radical (unpaired) electrons. The van der Waals surface area contributed by atoms with E-state index in [9.17, 15) is 9.59 Å². The Balaban J connectivity index is 2.18. The van der Waals surface area contributed by atoms with Crippen molar-refractivity contribution in [2.24, 2.45) is 0 Å². The molecule has 0 unspecified atom stereocenters. The minimum absolute atomic E-state index is 0.195. The van der Waals surface area contributed by atoms with Crippen LogP contribution < -0.4 is 19.1 Å². The standard InChI is InChI=1S/C23H23NO6/c1-14(25)24(2)18-9-8-15(19-7-6-10-30-19)11-17(18)22(26)16-12-20(27-3)23(29-5)21(13-16)28-4/h6-13H,1-5H3. The fourth-order valence-corrected chi connectivity index (χ4v) is 3.14. The fraction of sp³-hybridized carbons (Fsp3) is 0.217. The van der Waals surface area contributed by atoms with Gasteiger partial charge in [-0.25, -0.2) is 0 Å². The topological polar surface area (TPSA) is 78.2 Å². The summed E-state index contributed by atoms with van der Waals surface area (Å²) in [4.78, 5) is 27.0. The summed E-state index contributed by atoms with van der Waals surface area (Å²) in [5, 5.41) is 0. The number of ether oxygens (including phenoxy) is 3. The van der Waals surface area contributed by atoms with Crippen molar-refractivity contribution in [3.63, 3.8) is 0 Å². The van der Waals surface area contributed by atoms with Gasteiger partial charge in [0, 0.05) is 30.7 Å². The summed E-state index contributed by atoms with van der Waals surface area (Å²) in [6.07, 6.45) is 1.56. The first-order valence-electron chi connectivity index (χ1n) is 9.18. The second-order valence-electron chi connectivity index (χ2n) is 6.53. The average Bonchev–Trinajstić information content (AvgIpc) is 3.31. The molecule has 7 heteroatoms. The lowest BCUT2D eigenvalue weighted by Crippen LogP contribution is -2.25. The van der Waals surface area contributed by atoms with Gasteiger partial charge < -0.3 is 23.5 Å². The van der Waals surface area contributed by atoms with Gasteiger partial charge in [0.15, 0.2) is 17.3 Å². The molecule has 0 aliphatic rings. The number of nitrogens with zero attached hydrogens (tertiary/aromatic N) is 1. The van der Waals surface area contributed by atoms with Gasteiger partial charge >= 0.3 is 0 Å². The summed E-state index contributed by atoms with van der Waals surface area (Å²) in [7, 11) is 6.08. The molecule has 0 spiro atoms. The van der Waals surface area contributed by atoms with E-state index in [1.165, 1.54) is 33.2 Å². The van der Waals surface area contributed by atoms with Crippen LogP contribution in [0, 0.1) is 0 Å². The molecule has 0 fully saturated rings. The van der Waals surface area contributed by atoms with Gasteiger partial charge in [0.05, 0.1) is 33.3 Å². The molecule has 0 N–H and O–H groups in total. The SMILES string of the molecule is COc1cc(C(=O)c2cc(-c3ccco3)ccc2N(C)C(C)=O)cc(OC)c1OC. The molecule has 1 heterocycles. The number of furan rings is 1. The van der Waals surface area contributed by atoms with Crippen LogP contribution in [-0.2, 0) is 4.79 Å². The molecule has 0 saturated heterocycles. The minimum Gasteiger partial charge on any atom is -0.493 e. The van der Waals surface area contributed by atoms with E-state index in [0.717, 1.165) is 5.56 Å². The van der Waals surface area contributed by atoms with Crippen molar-refractivity contribution in [2.45, 2.75) is 6.92 Å². The summed E-state index contributed by atoms with van der Waals surface area (Å²) in [6, 6.07) is 12.0. The third-order valence-electron chi connectivity index (χ3n) is 4.81. The second-order valence-corrected chi connectivity index (χ2v) is 6.53. The Kier molecular flexibility index (Phi) is 6.11. The molecule has 3 rings (SSSR count). The lowest BCUT2D eigenvalue weighted by molar-refractivity contribution is -0.116. The first-order valence-corrected chi connectivity index (χ1v) is 9.18. The van der Waals surface area contributed by atoms with Crippen molar-refractivity contribution in [3.05, 3.63) is 59.9 Å². The highest BCUT2D eigenvalue weighted by Gasteiger charge is 2.23. The second kappa shape index (κ2) is 8.73. The summed E-state index contributed by atoms with van der Waals surface area (Å²) in [5.74, 6) is 1.24. The number of hydrogen-bond acceptors (Lipinski definition) is 6. The van der Waals surface area contributed by atoms with Crippen LogP contribution in [0.3, 0.4) is 0 Å². The summed E-state index contributed by atoms with van der Waals surface area (Å²) >= 11 is 0. The number of amides is 1. The van der Waals surface area contributed by atoms with E-state index in [1.54, 1.807) is 55.8 Å². The van der Waals surface area contributed by atoms with Crippen LogP contribution >= 0.6 is 0 Å². The number of rotatable bonds is 7. The van der Waals surface area contributed by atoms with Crippen molar-refractivity contribution >= 4 is 17.4 Å². The van der Waals surface area contributed by atoms with Gasteiger partial charge in [-0.1, -0.05) is 0 Å². The number of benzene rings is 2. The molecule has 0 atom stereocenters. The molecule has 0 bridgehead atoms. The van der Waals surface area contributed by atoms with Crippen LogP contribution in [-0.4, -0.2) is 40.1 Å². The molecule has 156 valence electrons. The van der Waals surface area contributed by atoms with E-state index >= 15 is 0 Å². The highest BCUT2D eigenvalue weighted by atomic mass is 16.5. The molecule has 1 amide bonds. The summed E-state index contributed by atoms with van der Waals surface area (Å²) < 4.78 is 21.5. The van der Waals surface area contributed by atoms with Gasteiger partial charge in [0.2, 0.25) is 11.7 Å². The molecular formula is C23H23NO6. The lowest BCUT2D eigenvalue weighted by atomic mass is 9.97. The smallest absolute Gasteiger partial charge is 0.223 e. The van der Waals surface area contributed by atoms with Crippen molar-refractivity contribution in [2.75, 3.05) is 33.3 Å². The molecule has 2 aromatic carbocycles. The summed E-state index contributed by atoms with van der Waals surface area (Å²) in [6.45, 7) is 1.44. The largest absolute Gasteiger partial charge is 0.493 e. The Bertz CT molecular complexity index is 1050. The third-order valence-corrected chi connectivity index (χ3v) is 4.81. The molecule has 1 aromatic heterocycles. The highest BCUT2D eigenvalue weighted by molar-refractivity contribution is 6.15. The number of carbonyl (C=O) groups is 2. The van der Waals surface area contributed by atoms with Crippen LogP contribution in [0.2, 0.25) is 0 Å². The number of hydrogen-bond donors (Lipinski definition) is 0. The average molecular weight is 409 g/mol. The zero-order valence-corrected chi connectivity index (χ0v) is 17.5. The minimum atomic E-state index is -0.300. The van der Waals surface area contributed by atoms with Crippen LogP contribution in [0.25, 0.3) is 11.3 Å². The van der Waals surface area contributed by atoms with Gasteiger partial charge in [-0.3, -0.25) is 9.59 Å². The Labute approximate surface area is 174 Å². The monoisotopic (exact) mass is 409 g/mol. The zero-order valence-electron chi connectivity index (χ0n) is 17.5. The van der Waals surface area contributed by atoms with Gasteiger partial charge in [0.25, 0.3) is 0 Å². The van der Waals surface area contributed by atoms with Gasteiger partial charge in [0.1, 0.15) is 5.76 Å². The number of anilines is 1. The molecule has 0 aliphatic heterocycles. The van der Waals surface area contributed by atoms with Crippen LogP contribution in [0.5, 0.6) is 17.2 Å². The highest BCUT2D eigenvalue weighted by Crippen LogP contribution is 2.39. The molecule has 7 nitrogen and oxygen atoms in total. The Morgan fingerprint density at radius 3 is 2.10 bits per heavy atom. The van der Waals surface area contributed by atoms with Crippen molar-refractivity contribution in [1.29, 1.82) is 0 Å². The first kappa shape index (κ1) is 21.0. The predicted molar refractivity (Wildman–Crippen MR) is 113 cm³/mol. The van der Waals surface area contributed by atoms with E-state index in [-0.39, 0.29) is 11.7 Å². The molecular weight excluding hydrogens is 386 g/mol. The maximum Gasteiger partial charge on any atom is 0.223 e. The van der Waals surface area contributed by atoms with E-state index in [4.69, 9.17) is 18.6 Å². The zero-order chi connectivity index (χ0) is 21.8. The first-order chi connectivity index (χ1) is 14.4. The van der Waals surface area contributed by atoms with Crippen LogP contribution in [0.4, 0.5) is 5.69 Å². The lowest BCUT2D eigenvalue weighted by Gasteiger charge is -2.20. The van der Waals surface area contributed by atoms with Gasteiger partial charge in [-0.2, -0.15) is 0 Å². The Morgan fingerprint density at radius 2 is 1.60 bits per heavy atom.